The van der Waals surface area contributed by atoms with Crippen LogP contribution in [0.2, 0.25) is 0 Å². The van der Waals surface area contributed by atoms with Gasteiger partial charge >= 0.3 is 0 Å². The average Bonchev–Trinajstić information content (AvgIpc) is 3.04. The molecule has 0 spiro atoms. The molecule has 4 N–H and O–H groups in total. The second-order valence-corrected chi connectivity index (χ2v) is 11.6. The fourth-order valence-electron chi connectivity index (χ4n) is 4.21. The van der Waals surface area contributed by atoms with Crippen LogP contribution in [0, 0.1) is 0 Å². The summed E-state index contributed by atoms with van der Waals surface area (Å²) in [7, 11) is 0. The Labute approximate surface area is 267 Å². The fourth-order valence-corrected chi connectivity index (χ4v) is 4.21. The normalized spacial score (nSPS) is 12.9. The second-order valence-electron chi connectivity index (χ2n) is 11.6. The maximum Gasteiger partial charge on any atom is 0.115 e. The summed E-state index contributed by atoms with van der Waals surface area (Å²) in [6.07, 6.45) is 4.52. The van der Waals surface area contributed by atoms with Crippen LogP contribution in [0.1, 0.15) is 127 Å². The summed E-state index contributed by atoms with van der Waals surface area (Å²) in [5.41, 5.74) is 5.02. The molecule has 4 heteroatoms. The first-order chi connectivity index (χ1) is 20.9. The van der Waals surface area contributed by atoms with E-state index in [-0.39, 0.29) is 0 Å². The Hall–Kier alpha value is -3.92. The maximum atomic E-state index is 9.16. The predicted octanol–water partition coefficient (Wildman–Crippen LogP) is 11.6. The fraction of sp³-hybridized carbons (Fsp3) is 0.400. The summed E-state index contributed by atoms with van der Waals surface area (Å²) in [5, 5.41) is 36.3. The van der Waals surface area contributed by atoms with Gasteiger partial charge in [-0.25, -0.2) is 0 Å². The Bertz CT molecular complexity index is 1190. The van der Waals surface area contributed by atoms with Gasteiger partial charge in [-0.2, -0.15) is 0 Å². The number of benzene rings is 4. The molecule has 0 aliphatic heterocycles. The lowest BCUT2D eigenvalue weighted by molar-refractivity contribution is 0.473. The number of rotatable bonds is 8. The van der Waals surface area contributed by atoms with Crippen molar-refractivity contribution in [2.24, 2.45) is 0 Å². The second kappa shape index (κ2) is 20.9. The Morgan fingerprint density at radius 1 is 0.364 bits per heavy atom. The van der Waals surface area contributed by atoms with Crippen LogP contribution in [-0.2, 0) is 0 Å². The molecule has 4 unspecified atom stereocenters. The van der Waals surface area contributed by atoms with Gasteiger partial charge in [0, 0.05) is 0 Å². The summed E-state index contributed by atoms with van der Waals surface area (Å²) in [6.45, 7) is 17.3. The highest BCUT2D eigenvalue weighted by molar-refractivity contribution is 5.31. The van der Waals surface area contributed by atoms with Crippen LogP contribution < -0.4 is 0 Å². The highest BCUT2D eigenvalue weighted by atomic mass is 16.3. The zero-order valence-electron chi connectivity index (χ0n) is 28.2. The van der Waals surface area contributed by atoms with Gasteiger partial charge in [-0.05, 0) is 120 Å². The van der Waals surface area contributed by atoms with E-state index in [0.717, 1.165) is 25.7 Å². The Morgan fingerprint density at radius 2 is 0.636 bits per heavy atom. The van der Waals surface area contributed by atoms with Crippen molar-refractivity contribution in [1.29, 1.82) is 0 Å². The van der Waals surface area contributed by atoms with Gasteiger partial charge in [0.05, 0.1) is 0 Å². The van der Waals surface area contributed by atoms with E-state index in [1.165, 1.54) is 22.3 Å². The SMILES string of the molecule is CCC(C)c1ccc(O)cc1.CCC(C)c1ccc(O)cc1.CCC(C)c1cccc(O)c1.CCC(C)c1cccc(O)c1. The molecule has 0 saturated heterocycles. The van der Waals surface area contributed by atoms with Crippen LogP contribution in [0.3, 0.4) is 0 Å². The molecule has 0 radical (unpaired) electrons. The minimum Gasteiger partial charge on any atom is -0.508 e. The zero-order valence-corrected chi connectivity index (χ0v) is 28.2. The van der Waals surface area contributed by atoms with Crippen LogP contribution in [0.15, 0.2) is 97.1 Å². The molecule has 0 aliphatic rings. The van der Waals surface area contributed by atoms with E-state index < -0.39 is 0 Å². The predicted molar refractivity (Wildman–Crippen MR) is 187 cm³/mol. The van der Waals surface area contributed by atoms with Crippen molar-refractivity contribution >= 4 is 0 Å². The molecule has 4 atom stereocenters. The van der Waals surface area contributed by atoms with Crippen molar-refractivity contribution in [1.82, 2.24) is 0 Å². The molecule has 0 bridgehead atoms. The van der Waals surface area contributed by atoms with Gasteiger partial charge in [-0.3, -0.25) is 0 Å². The molecule has 0 fully saturated rings. The zero-order chi connectivity index (χ0) is 33.1. The molecule has 0 amide bonds. The van der Waals surface area contributed by atoms with Crippen LogP contribution in [0.4, 0.5) is 0 Å². The number of hydrogen-bond acceptors (Lipinski definition) is 4. The molecule has 0 aromatic heterocycles. The van der Waals surface area contributed by atoms with Crippen molar-refractivity contribution < 1.29 is 20.4 Å². The third-order valence-corrected chi connectivity index (χ3v) is 8.25. The number of hydrogen-bond donors (Lipinski definition) is 4. The molecular weight excluding hydrogens is 544 g/mol. The van der Waals surface area contributed by atoms with Gasteiger partial charge in [-0.15, -0.1) is 0 Å². The lowest BCUT2D eigenvalue weighted by atomic mass is 9.99. The standard InChI is InChI=1S/4C10H14O/c2*1-3-8(2)9-4-6-10(11)7-5-9;2*1-3-8(2)9-5-4-6-10(11)7-9/h4*4-8,11H,3H2,1-2H3. The highest BCUT2D eigenvalue weighted by Gasteiger charge is 2.04. The Balaban J connectivity index is 0.000000293. The van der Waals surface area contributed by atoms with Gasteiger partial charge in [0.25, 0.3) is 0 Å². The number of phenolic OH excluding ortho intramolecular Hbond substituents is 4. The molecule has 4 aromatic rings. The molecule has 0 saturated carbocycles. The highest BCUT2D eigenvalue weighted by Crippen LogP contribution is 2.23. The van der Waals surface area contributed by atoms with Gasteiger partial charge in [0.2, 0.25) is 0 Å². The maximum absolute atomic E-state index is 9.16. The van der Waals surface area contributed by atoms with E-state index in [1.54, 1.807) is 36.4 Å². The summed E-state index contributed by atoms with van der Waals surface area (Å²) in [5.74, 6) is 3.69. The first-order valence-electron chi connectivity index (χ1n) is 16.1. The summed E-state index contributed by atoms with van der Waals surface area (Å²) >= 11 is 0. The molecule has 4 aromatic carbocycles. The van der Waals surface area contributed by atoms with E-state index in [4.69, 9.17) is 20.4 Å². The lowest BCUT2D eigenvalue weighted by Crippen LogP contribution is -1.89. The van der Waals surface area contributed by atoms with E-state index in [0.29, 0.717) is 46.7 Å². The molecule has 44 heavy (non-hydrogen) atoms. The van der Waals surface area contributed by atoms with Crippen molar-refractivity contribution in [3.63, 3.8) is 0 Å². The Morgan fingerprint density at radius 3 is 0.886 bits per heavy atom. The van der Waals surface area contributed by atoms with Crippen molar-refractivity contribution in [3.8, 4) is 23.0 Å². The average molecular weight is 601 g/mol. The number of phenols is 4. The van der Waals surface area contributed by atoms with E-state index in [1.807, 2.05) is 60.7 Å². The lowest BCUT2D eigenvalue weighted by Gasteiger charge is -2.07. The van der Waals surface area contributed by atoms with Crippen LogP contribution >= 0.6 is 0 Å². The minimum absolute atomic E-state index is 0.344. The van der Waals surface area contributed by atoms with Crippen molar-refractivity contribution in [2.45, 2.75) is 105 Å². The van der Waals surface area contributed by atoms with Crippen LogP contribution in [0.25, 0.3) is 0 Å². The minimum atomic E-state index is 0.344. The molecule has 0 aliphatic carbocycles. The van der Waals surface area contributed by atoms with Crippen molar-refractivity contribution in [2.75, 3.05) is 0 Å². The number of aromatic hydroxyl groups is 4. The summed E-state index contributed by atoms with van der Waals surface area (Å²) in [6, 6.07) is 29.8. The van der Waals surface area contributed by atoms with Gasteiger partial charge in [0.1, 0.15) is 23.0 Å². The largest absolute Gasteiger partial charge is 0.508 e. The topological polar surface area (TPSA) is 80.9 Å². The van der Waals surface area contributed by atoms with Crippen LogP contribution in [0.5, 0.6) is 23.0 Å². The van der Waals surface area contributed by atoms with Crippen LogP contribution in [-0.4, -0.2) is 20.4 Å². The quantitative estimate of drug-likeness (QED) is 0.162. The Kier molecular flexibility index (Phi) is 18.1. The van der Waals surface area contributed by atoms with E-state index in [2.05, 4.69) is 55.4 Å². The van der Waals surface area contributed by atoms with Gasteiger partial charge in [-0.1, -0.05) is 104 Å². The molecule has 0 heterocycles. The van der Waals surface area contributed by atoms with Crippen molar-refractivity contribution in [3.05, 3.63) is 119 Å². The third kappa shape index (κ3) is 14.5. The first-order valence-corrected chi connectivity index (χ1v) is 16.1. The first kappa shape index (κ1) is 38.1. The monoisotopic (exact) mass is 600 g/mol. The smallest absolute Gasteiger partial charge is 0.115 e. The molecular formula is C40H56O4. The van der Waals surface area contributed by atoms with Gasteiger partial charge in [0.15, 0.2) is 0 Å². The van der Waals surface area contributed by atoms with E-state index >= 15 is 0 Å². The summed E-state index contributed by atoms with van der Waals surface area (Å²) in [4.78, 5) is 0. The molecule has 240 valence electrons. The molecule has 4 nitrogen and oxygen atoms in total. The van der Waals surface area contributed by atoms with E-state index in [9.17, 15) is 0 Å². The van der Waals surface area contributed by atoms with Gasteiger partial charge < -0.3 is 20.4 Å². The summed E-state index contributed by atoms with van der Waals surface area (Å²) < 4.78 is 0. The molecule has 4 rings (SSSR count). The third-order valence-electron chi connectivity index (χ3n) is 8.25.